The first kappa shape index (κ1) is 15.9. The van der Waals surface area contributed by atoms with Crippen molar-refractivity contribution in [3.63, 3.8) is 0 Å². The summed E-state index contributed by atoms with van der Waals surface area (Å²) >= 11 is 0. The molecule has 0 aliphatic carbocycles. The van der Waals surface area contributed by atoms with Crippen LogP contribution < -0.4 is 5.32 Å². The Morgan fingerprint density at radius 3 is 3.17 bits per heavy atom. The van der Waals surface area contributed by atoms with Crippen molar-refractivity contribution in [2.75, 3.05) is 26.2 Å². The number of aromatic nitrogens is 1. The van der Waals surface area contributed by atoms with Gasteiger partial charge < -0.3 is 20.3 Å². The lowest BCUT2D eigenvalue weighted by atomic mass is 9.99. The monoisotopic (exact) mass is 315 g/mol. The molecule has 0 radical (unpaired) electrons. The molecule has 1 atom stereocenters. The van der Waals surface area contributed by atoms with E-state index in [1.165, 1.54) is 16.5 Å². The zero-order chi connectivity index (χ0) is 16.2. The third-order valence-corrected chi connectivity index (χ3v) is 4.66. The summed E-state index contributed by atoms with van der Waals surface area (Å²) in [4.78, 5) is 17.3. The van der Waals surface area contributed by atoms with Crippen molar-refractivity contribution in [1.82, 2.24) is 15.2 Å². The Bertz CT molecular complexity index is 680. The van der Waals surface area contributed by atoms with E-state index in [0.29, 0.717) is 13.1 Å². The van der Waals surface area contributed by atoms with Crippen molar-refractivity contribution in [3.8, 4) is 0 Å². The summed E-state index contributed by atoms with van der Waals surface area (Å²) in [7, 11) is 0. The van der Waals surface area contributed by atoms with Crippen LogP contribution in [0.2, 0.25) is 0 Å². The van der Waals surface area contributed by atoms with Crippen molar-refractivity contribution in [2.24, 2.45) is 5.92 Å². The van der Waals surface area contributed by atoms with Crippen molar-refractivity contribution in [1.29, 1.82) is 0 Å². The fourth-order valence-corrected chi connectivity index (χ4v) is 3.32. The van der Waals surface area contributed by atoms with E-state index >= 15 is 0 Å². The van der Waals surface area contributed by atoms with Gasteiger partial charge >= 0.3 is 6.03 Å². The number of amides is 2. The van der Waals surface area contributed by atoms with Crippen LogP contribution in [-0.4, -0.2) is 47.3 Å². The predicted octanol–water partition coefficient (Wildman–Crippen LogP) is 2.43. The molecular formula is C18H25N3O2. The number of aryl methyl sites for hydroxylation is 1. The van der Waals surface area contributed by atoms with E-state index in [9.17, 15) is 9.90 Å². The molecule has 1 fully saturated rings. The molecule has 5 heteroatoms. The third-order valence-electron chi connectivity index (χ3n) is 4.66. The van der Waals surface area contributed by atoms with Crippen LogP contribution in [0.25, 0.3) is 10.9 Å². The number of hydrogen-bond donors (Lipinski definition) is 3. The highest BCUT2D eigenvalue weighted by Gasteiger charge is 2.22. The van der Waals surface area contributed by atoms with E-state index in [4.69, 9.17) is 0 Å². The third kappa shape index (κ3) is 3.67. The Balaban J connectivity index is 1.53. The van der Waals surface area contributed by atoms with E-state index in [1.54, 1.807) is 0 Å². The van der Waals surface area contributed by atoms with Gasteiger partial charge in [-0.3, -0.25) is 0 Å². The van der Waals surface area contributed by atoms with E-state index in [-0.39, 0.29) is 18.6 Å². The molecule has 3 rings (SSSR count). The van der Waals surface area contributed by atoms with Crippen molar-refractivity contribution >= 4 is 16.9 Å². The molecule has 1 saturated heterocycles. The summed E-state index contributed by atoms with van der Waals surface area (Å²) in [6.45, 7) is 4.32. The molecule has 2 heterocycles. The number of aliphatic hydroxyl groups excluding tert-OH is 1. The van der Waals surface area contributed by atoms with E-state index in [0.717, 1.165) is 31.3 Å². The van der Waals surface area contributed by atoms with Gasteiger partial charge in [-0.1, -0.05) is 12.1 Å². The minimum atomic E-state index is -0.0150. The highest BCUT2D eigenvalue weighted by molar-refractivity contribution is 5.83. The number of aliphatic hydroxyl groups is 1. The molecule has 1 aliphatic heterocycles. The zero-order valence-electron chi connectivity index (χ0n) is 13.6. The largest absolute Gasteiger partial charge is 0.396 e. The van der Waals surface area contributed by atoms with Crippen molar-refractivity contribution in [3.05, 3.63) is 35.5 Å². The fraction of sp³-hybridized carbons (Fsp3) is 0.500. The highest BCUT2D eigenvalue weighted by atomic mass is 16.3. The van der Waals surface area contributed by atoms with Gasteiger partial charge in [-0.2, -0.15) is 0 Å². The molecule has 124 valence electrons. The summed E-state index contributed by atoms with van der Waals surface area (Å²) in [5.74, 6) is 0.228. The number of nitrogens with one attached hydrogen (secondary N) is 2. The van der Waals surface area contributed by atoms with Crippen LogP contribution in [0.3, 0.4) is 0 Å². The molecule has 2 aromatic rings. The molecular weight excluding hydrogens is 290 g/mol. The number of hydrogen-bond acceptors (Lipinski definition) is 2. The Kier molecular flexibility index (Phi) is 4.86. The molecule has 0 spiro atoms. The molecule has 1 aromatic heterocycles. The number of aromatic amines is 1. The maximum Gasteiger partial charge on any atom is 0.317 e. The number of rotatable bonds is 4. The first-order valence-corrected chi connectivity index (χ1v) is 8.37. The van der Waals surface area contributed by atoms with Crippen LogP contribution in [0.4, 0.5) is 4.79 Å². The van der Waals surface area contributed by atoms with Gasteiger partial charge in [-0.15, -0.1) is 0 Å². The first-order chi connectivity index (χ1) is 11.2. The van der Waals surface area contributed by atoms with Gasteiger partial charge in [0.05, 0.1) is 0 Å². The number of piperidine rings is 1. The highest BCUT2D eigenvalue weighted by Crippen LogP contribution is 2.20. The van der Waals surface area contributed by atoms with Gasteiger partial charge in [0.25, 0.3) is 0 Å². The van der Waals surface area contributed by atoms with E-state index in [1.807, 2.05) is 11.1 Å². The number of likely N-dealkylation sites (tertiary alicyclic amines) is 1. The Labute approximate surface area is 136 Å². The van der Waals surface area contributed by atoms with Crippen LogP contribution in [0.1, 0.15) is 24.0 Å². The molecule has 1 aliphatic rings. The van der Waals surface area contributed by atoms with Crippen LogP contribution >= 0.6 is 0 Å². The van der Waals surface area contributed by atoms with Crippen LogP contribution in [0, 0.1) is 12.8 Å². The maximum atomic E-state index is 12.2. The average Bonchev–Trinajstić information content (AvgIpc) is 2.97. The molecule has 0 bridgehead atoms. The lowest BCUT2D eigenvalue weighted by Crippen LogP contribution is -2.46. The number of H-pyrrole nitrogens is 1. The van der Waals surface area contributed by atoms with Gasteiger partial charge in [0.2, 0.25) is 0 Å². The van der Waals surface area contributed by atoms with Gasteiger partial charge in [-0.25, -0.2) is 4.79 Å². The lowest BCUT2D eigenvalue weighted by Gasteiger charge is -2.31. The number of urea groups is 1. The van der Waals surface area contributed by atoms with Crippen molar-refractivity contribution in [2.45, 2.75) is 26.2 Å². The predicted molar refractivity (Wildman–Crippen MR) is 91.5 cm³/mol. The van der Waals surface area contributed by atoms with Gasteiger partial charge in [0.15, 0.2) is 0 Å². The average molecular weight is 315 g/mol. The van der Waals surface area contributed by atoms with Gasteiger partial charge in [-0.05, 0) is 49.3 Å². The quantitative estimate of drug-likeness (QED) is 0.811. The summed E-state index contributed by atoms with van der Waals surface area (Å²) in [5, 5.41) is 13.5. The Morgan fingerprint density at radius 1 is 1.48 bits per heavy atom. The molecule has 0 saturated carbocycles. The topological polar surface area (TPSA) is 68.4 Å². The maximum absolute atomic E-state index is 12.2. The molecule has 5 nitrogen and oxygen atoms in total. The number of nitrogens with zero attached hydrogens (tertiary/aromatic N) is 1. The van der Waals surface area contributed by atoms with Crippen LogP contribution in [0.15, 0.2) is 24.4 Å². The standard InChI is InChI=1S/C18H25N3O2/c1-13-4-5-16-15(10-20-17(16)9-13)6-7-19-18(23)21-8-2-3-14(11-21)12-22/h4-5,9-10,14,20,22H,2-3,6-8,11-12H2,1H3,(H,19,23). The zero-order valence-corrected chi connectivity index (χ0v) is 13.6. The Morgan fingerprint density at radius 2 is 2.35 bits per heavy atom. The lowest BCUT2D eigenvalue weighted by molar-refractivity contribution is 0.129. The Hall–Kier alpha value is -2.01. The molecule has 3 N–H and O–H groups in total. The second-order valence-corrected chi connectivity index (χ2v) is 6.48. The van der Waals surface area contributed by atoms with Crippen LogP contribution in [0.5, 0.6) is 0 Å². The summed E-state index contributed by atoms with van der Waals surface area (Å²) in [6.07, 6.45) is 4.82. The van der Waals surface area contributed by atoms with Gasteiger partial charge in [0, 0.05) is 43.3 Å². The second-order valence-electron chi connectivity index (χ2n) is 6.48. The normalized spacial score (nSPS) is 18.3. The summed E-state index contributed by atoms with van der Waals surface area (Å²) < 4.78 is 0. The first-order valence-electron chi connectivity index (χ1n) is 8.37. The number of fused-ring (bicyclic) bond motifs is 1. The number of carbonyl (C=O) groups is 1. The fourth-order valence-electron chi connectivity index (χ4n) is 3.32. The second kappa shape index (κ2) is 7.04. The summed E-state index contributed by atoms with van der Waals surface area (Å²) in [5.41, 5.74) is 3.61. The van der Waals surface area contributed by atoms with Gasteiger partial charge in [0.1, 0.15) is 0 Å². The van der Waals surface area contributed by atoms with Crippen LogP contribution in [-0.2, 0) is 6.42 Å². The molecule has 23 heavy (non-hydrogen) atoms. The summed E-state index contributed by atoms with van der Waals surface area (Å²) in [6, 6.07) is 6.37. The minimum absolute atomic E-state index is 0.0150. The molecule has 2 amide bonds. The smallest absolute Gasteiger partial charge is 0.317 e. The number of benzene rings is 1. The molecule has 1 aromatic carbocycles. The molecule has 1 unspecified atom stereocenters. The SMILES string of the molecule is Cc1ccc2c(CCNC(=O)N3CCCC(CO)C3)c[nH]c2c1. The van der Waals surface area contributed by atoms with E-state index in [2.05, 4.69) is 35.4 Å². The van der Waals surface area contributed by atoms with Crippen molar-refractivity contribution < 1.29 is 9.90 Å². The minimum Gasteiger partial charge on any atom is -0.396 e. The number of carbonyl (C=O) groups excluding carboxylic acids is 1. The van der Waals surface area contributed by atoms with E-state index < -0.39 is 0 Å².